The van der Waals surface area contributed by atoms with E-state index in [-0.39, 0.29) is 12.0 Å². The fourth-order valence-electron chi connectivity index (χ4n) is 3.48. The van der Waals surface area contributed by atoms with Crippen LogP contribution in [-0.4, -0.2) is 46.6 Å². The standard InChI is InChI=1S/C21H19N3O3/c25-21-20-18(22-9-7-19(20)27-16-12-26-13-16)11-24(21)10-8-15-6-5-14-3-1-2-4-17(14)23-15/h1-7,9,16H,8,10-13H2. The molecule has 0 atom stereocenters. The predicted molar refractivity (Wildman–Crippen MR) is 99.7 cm³/mol. The second kappa shape index (κ2) is 6.63. The van der Waals surface area contributed by atoms with Gasteiger partial charge in [0.25, 0.3) is 5.91 Å². The van der Waals surface area contributed by atoms with Crippen LogP contribution in [0.1, 0.15) is 21.7 Å². The van der Waals surface area contributed by atoms with Crippen LogP contribution < -0.4 is 4.74 Å². The van der Waals surface area contributed by atoms with Gasteiger partial charge < -0.3 is 14.4 Å². The molecule has 0 unspecified atom stereocenters. The van der Waals surface area contributed by atoms with Crippen LogP contribution in [0.4, 0.5) is 0 Å². The first-order valence-corrected chi connectivity index (χ1v) is 9.14. The van der Waals surface area contributed by atoms with Crippen molar-refractivity contribution in [2.24, 2.45) is 0 Å². The monoisotopic (exact) mass is 361 g/mol. The number of hydrogen-bond donors (Lipinski definition) is 0. The van der Waals surface area contributed by atoms with E-state index in [9.17, 15) is 4.79 Å². The number of para-hydroxylation sites is 1. The number of aromatic nitrogens is 2. The number of fused-ring (bicyclic) bond motifs is 2. The number of nitrogens with zero attached hydrogens (tertiary/aromatic N) is 3. The van der Waals surface area contributed by atoms with E-state index in [1.54, 1.807) is 12.3 Å². The van der Waals surface area contributed by atoms with Gasteiger partial charge in [-0.3, -0.25) is 14.8 Å². The fraction of sp³-hybridized carbons (Fsp3) is 0.286. The van der Waals surface area contributed by atoms with Gasteiger partial charge in [-0.25, -0.2) is 0 Å². The van der Waals surface area contributed by atoms with Crippen LogP contribution >= 0.6 is 0 Å². The quantitative estimate of drug-likeness (QED) is 0.699. The first-order valence-electron chi connectivity index (χ1n) is 9.14. The number of carbonyl (C=O) groups is 1. The van der Waals surface area contributed by atoms with Crippen LogP contribution in [0.3, 0.4) is 0 Å². The van der Waals surface area contributed by atoms with Crippen LogP contribution in [0.15, 0.2) is 48.7 Å². The molecule has 136 valence electrons. The maximum absolute atomic E-state index is 12.9. The molecule has 1 aromatic carbocycles. The van der Waals surface area contributed by atoms with Crippen LogP contribution in [-0.2, 0) is 17.7 Å². The summed E-state index contributed by atoms with van der Waals surface area (Å²) in [5.74, 6) is 0.596. The number of pyridine rings is 2. The van der Waals surface area contributed by atoms with Gasteiger partial charge in [0.1, 0.15) is 17.4 Å². The first kappa shape index (κ1) is 16.2. The van der Waals surface area contributed by atoms with Gasteiger partial charge in [-0.05, 0) is 18.2 Å². The van der Waals surface area contributed by atoms with Gasteiger partial charge in [0.2, 0.25) is 0 Å². The average Bonchev–Trinajstić information content (AvgIpc) is 2.99. The second-order valence-corrected chi connectivity index (χ2v) is 6.88. The van der Waals surface area contributed by atoms with Crippen molar-refractivity contribution in [3.05, 3.63) is 65.6 Å². The summed E-state index contributed by atoms with van der Waals surface area (Å²) < 4.78 is 11.0. The molecule has 6 nitrogen and oxygen atoms in total. The van der Waals surface area contributed by atoms with Crippen LogP contribution in [0.5, 0.6) is 5.75 Å². The minimum absolute atomic E-state index is 0.0193. The summed E-state index contributed by atoms with van der Waals surface area (Å²) in [6.45, 7) is 2.26. The first-order chi connectivity index (χ1) is 13.3. The van der Waals surface area contributed by atoms with Crippen LogP contribution in [0.2, 0.25) is 0 Å². The molecule has 4 heterocycles. The second-order valence-electron chi connectivity index (χ2n) is 6.88. The zero-order valence-electron chi connectivity index (χ0n) is 14.8. The Morgan fingerprint density at radius 2 is 2.04 bits per heavy atom. The molecule has 0 radical (unpaired) electrons. The molecule has 2 aliphatic rings. The van der Waals surface area contributed by atoms with Gasteiger partial charge in [0.05, 0.1) is 31.0 Å². The maximum Gasteiger partial charge on any atom is 0.259 e. The highest BCUT2D eigenvalue weighted by Crippen LogP contribution is 2.30. The van der Waals surface area contributed by atoms with Crippen molar-refractivity contribution in [2.75, 3.05) is 19.8 Å². The molecule has 0 aliphatic carbocycles. The molecule has 27 heavy (non-hydrogen) atoms. The number of benzene rings is 1. The summed E-state index contributed by atoms with van der Waals surface area (Å²) in [6.07, 6.45) is 2.44. The zero-order chi connectivity index (χ0) is 18.2. The van der Waals surface area contributed by atoms with E-state index in [2.05, 4.69) is 11.1 Å². The minimum Gasteiger partial charge on any atom is -0.485 e. The molecule has 6 heteroatoms. The van der Waals surface area contributed by atoms with Crippen LogP contribution in [0, 0.1) is 0 Å². The lowest BCUT2D eigenvalue weighted by Gasteiger charge is -2.27. The van der Waals surface area contributed by atoms with Crippen molar-refractivity contribution in [2.45, 2.75) is 19.1 Å². The topological polar surface area (TPSA) is 64.6 Å². The lowest BCUT2D eigenvalue weighted by molar-refractivity contribution is -0.0798. The largest absolute Gasteiger partial charge is 0.485 e. The van der Waals surface area contributed by atoms with E-state index >= 15 is 0 Å². The minimum atomic E-state index is -0.0193. The van der Waals surface area contributed by atoms with E-state index in [1.807, 2.05) is 35.2 Å². The van der Waals surface area contributed by atoms with Crippen molar-refractivity contribution in [1.82, 2.24) is 14.9 Å². The molecular formula is C21H19N3O3. The third kappa shape index (κ3) is 3.02. The zero-order valence-corrected chi connectivity index (χ0v) is 14.8. The third-order valence-electron chi connectivity index (χ3n) is 5.03. The molecular weight excluding hydrogens is 342 g/mol. The number of ether oxygens (including phenoxy) is 2. The van der Waals surface area contributed by atoms with Gasteiger partial charge in [-0.2, -0.15) is 0 Å². The molecule has 2 aromatic heterocycles. The number of amides is 1. The number of hydrogen-bond acceptors (Lipinski definition) is 5. The summed E-state index contributed by atoms with van der Waals surface area (Å²) in [5, 5.41) is 1.12. The molecule has 1 amide bonds. The predicted octanol–water partition coefficient (Wildman–Crippen LogP) is 2.61. The smallest absolute Gasteiger partial charge is 0.259 e. The Morgan fingerprint density at radius 1 is 1.15 bits per heavy atom. The van der Waals surface area contributed by atoms with E-state index in [0.29, 0.717) is 44.0 Å². The fourth-order valence-corrected chi connectivity index (χ4v) is 3.48. The molecule has 0 saturated carbocycles. The van der Waals surface area contributed by atoms with E-state index in [1.165, 1.54) is 0 Å². The molecule has 1 fully saturated rings. The van der Waals surface area contributed by atoms with Gasteiger partial charge in [0.15, 0.2) is 0 Å². The lowest BCUT2D eigenvalue weighted by atomic mass is 10.2. The number of carbonyl (C=O) groups excluding carboxylic acids is 1. The summed E-state index contributed by atoms with van der Waals surface area (Å²) in [7, 11) is 0. The highest BCUT2D eigenvalue weighted by Gasteiger charge is 2.33. The van der Waals surface area contributed by atoms with Crippen molar-refractivity contribution < 1.29 is 14.3 Å². The molecule has 2 aliphatic heterocycles. The summed E-state index contributed by atoms with van der Waals surface area (Å²) >= 11 is 0. The molecule has 3 aromatic rings. The maximum atomic E-state index is 12.9. The SMILES string of the molecule is O=C1c2c(OC3COC3)ccnc2CN1CCc1ccc2ccccc2n1. The van der Waals surface area contributed by atoms with E-state index < -0.39 is 0 Å². The summed E-state index contributed by atoms with van der Waals surface area (Å²) in [4.78, 5) is 23.8. The van der Waals surface area contributed by atoms with Gasteiger partial charge >= 0.3 is 0 Å². The van der Waals surface area contributed by atoms with Gasteiger partial charge in [-0.15, -0.1) is 0 Å². The van der Waals surface area contributed by atoms with Crippen molar-refractivity contribution in [1.29, 1.82) is 0 Å². The Kier molecular flexibility index (Phi) is 3.98. The molecule has 0 bridgehead atoms. The highest BCUT2D eigenvalue weighted by atomic mass is 16.6. The Balaban J connectivity index is 1.31. The normalized spacial score (nSPS) is 16.4. The van der Waals surface area contributed by atoms with Crippen molar-refractivity contribution in [3.8, 4) is 5.75 Å². The Morgan fingerprint density at radius 3 is 2.89 bits per heavy atom. The molecule has 1 saturated heterocycles. The Bertz CT molecular complexity index is 1020. The molecule has 5 rings (SSSR count). The van der Waals surface area contributed by atoms with Crippen molar-refractivity contribution in [3.63, 3.8) is 0 Å². The lowest BCUT2D eigenvalue weighted by Crippen LogP contribution is -2.39. The van der Waals surface area contributed by atoms with Gasteiger partial charge in [0, 0.05) is 30.2 Å². The number of rotatable bonds is 5. The summed E-state index contributed by atoms with van der Waals surface area (Å²) in [6, 6.07) is 13.9. The van der Waals surface area contributed by atoms with Crippen LogP contribution in [0.25, 0.3) is 10.9 Å². The van der Waals surface area contributed by atoms with Gasteiger partial charge in [-0.1, -0.05) is 24.3 Å². The van der Waals surface area contributed by atoms with E-state index in [0.717, 1.165) is 22.3 Å². The molecule has 0 N–H and O–H groups in total. The molecule has 0 spiro atoms. The third-order valence-corrected chi connectivity index (χ3v) is 5.03. The average molecular weight is 361 g/mol. The Hall–Kier alpha value is -2.99. The summed E-state index contributed by atoms with van der Waals surface area (Å²) in [5.41, 5.74) is 3.33. The Labute approximate surface area is 156 Å². The van der Waals surface area contributed by atoms with Crippen molar-refractivity contribution >= 4 is 16.8 Å². The highest BCUT2D eigenvalue weighted by molar-refractivity contribution is 6.00. The van der Waals surface area contributed by atoms with E-state index in [4.69, 9.17) is 14.5 Å².